The van der Waals surface area contributed by atoms with Gasteiger partial charge in [0.1, 0.15) is 43.6 Å². The van der Waals surface area contributed by atoms with Crippen LogP contribution in [0.5, 0.6) is 11.5 Å². The molecule has 2 N–H and O–H groups in total. The first kappa shape index (κ1) is 70.7. The Bertz CT molecular complexity index is 3550. The van der Waals surface area contributed by atoms with Crippen molar-refractivity contribution in [3.8, 4) is 33.8 Å². The number of quaternary nitrogens is 3. The van der Waals surface area contributed by atoms with E-state index in [-0.39, 0.29) is 81.5 Å². The van der Waals surface area contributed by atoms with Gasteiger partial charge in [-0.25, -0.2) is 9.59 Å². The summed E-state index contributed by atoms with van der Waals surface area (Å²) in [5.74, 6) is 1.02. The first-order chi connectivity index (χ1) is 44.9. The van der Waals surface area contributed by atoms with Gasteiger partial charge >= 0.3 is 17.9 Å². The van der Waals surface area contributed by atoms with Crippen molar-refractivity contribution < 1.29 is 127 Å². The average molecular weight is 1490 g/mol. The number of hydrogen-bond donors (Lipinski definition) is 2. The maximum atomic E-state index is 13.6. The zero-order valence-electron chi connectivity index (χ0n) is 54.1. The molecule has 6 bridgehead atoms. The van der Waals surface area contributed by atoms with Crippen LogP contribution in [0.15, 0.2) is 158 Å². The van der Waals surface area contributed by atoms with Crippen molar-refractivity contribution in [3.63, 3.8) is 0 Å². The lowest BCUT2D eigenvalue weighted by atomic mass is 9.82. The molecule has 13 aliphatic rings. The number of ether oxygens (including phenoxy) is 8. The van der Waals surface area contributed by atoms with Gasteiger partial charge in [0.05, 0.1) is 85.4 Å². The van der Waals surface area contributed by atoms with Crippen molar-refractivity contribution in [3.05, 3.63) is 192 Å². The number of carbonyl (C=O) groups is 3. The molecule has 11 aliphatic heterocycles. The lowest BCUT2D eigenvalue weighted by Crippen LogP contribution is -3.00. The van der Waals surface area contributed by atoms with Crippen molar-refractivity contribution in [2.45, 2.75) is 86.7 Å². The van der Waals surface area contributed by atoms with Gasteiger partial charge in [-0.15, -0.1) is 0 Å². The summed E-state index contributed by atoms with van der Waals surface area (Å²) in [5.41, 5.74) is 4.33. The first-order valence-corrected chi connectivity index (χ1v) is 33.6. The van der Waals surface area contributed by atoms with Gasteiger partial charge in [0.15, 0.2) is 24.6 Å². The summed E-state index contributed by atoms with van der Waals surface area (Å²) in [7, 11) is 1.68. The van der Waals surface area contributed by atoms with Crippen LogP contribution in [0.25, 0.3) is 22.3 Å². The van der Waals surface area contributed by atoms with E-state index >= 15 is 0 Å². The molecule has 0 aromatic heterocycles. The quantitative estimate of drug-likeness (QED) is 0.0434. The molecule has 6 aromatic carbocycles. The van der Waals surface area contributed by atoms with Gasteiger partial charge in [0, 0.05) is 103 Å². The van der Waals surface area contributed by atoms with Gasteiger partial charge in [-0.3, -0.25) is 4.79 Å². The Morgan fingerprint density at radius 1 is 0.505 bits per heavy atom. The van der Waals surface area contributed by atoms with Gasteiger partial charge in [-0.1, -0.05) is 140 Å². The van der Waals surface area contributed by atoms with Crippen LogP contribution in [0.2, 0.25) is 0 Å². The Kier molecular flexibility index (Phi) is 22.2. The molecule has 11 heterocycles. The summed E-state index contributed by atoms with van der Waals surface area (Å²) < 4.78 is 49.4. The van der Waals surface area contributed by atoms with E-state index in [1.54, 1.807) is 7.11 Å². The Morgan fingerprint density at radius 3 is 1.32 bits per heavy atom. The highest BCUT2D eigenvalue weighted by Gasteiger charge is 2.56. The van der Waals surface area contributed by atoms with E-state index in [1.807, 2.05) is 152 Å². The summed E-state index contributed by atoms with van der Waals surface area (Å²) in [6.45, 7) is 19.3. The fourth-order valence-electron chi connectivity index (χ4n) is 17.4. The van der Waals surface area contributed by atoms with Crippen LogP contribution in [0.1, 0.15) is 84.2 Å². The third kappa shape index (κ3) is 13.6. The highest BCUT2D eigenvalue weighted by atomic mass is 79.9. The number of rotatable bonds is 17. The molecule has 3 atom stereocenters. The molecule has 0 spiro atoms. The number of methoxy groups -OCH3 is 1. The smallest absolute Gasteiger partial charge is 0.348 e. The van der Waals surface area contributed by atoms with Crippen LogP contribution >= 0.6 is 0 Å². The second-order valence-corrected chi connectivity index (χ2v) is 27.5. The van der Waals surface area contributed by atoms with Crippen LogP contribution in [0.3, 0.4) is 0 Å². The second-order valence-electron chi connectivity index (χ2n) is 27.5. The molecule has 16 nitrogen and oxygen atoms in total. The lowest BCUT2D eigenvalue weighted by Gasteiger charge is -2.52. The minimum absolute atomic E-state index is 0. The van der Waals surface area contributed by atoms with E-state index in [4.69, 9.17) is 37.9 Å². The summed E-state index contributed by atoms with van der Waals surface area (Å²) >= 11 is 0. The van der Waals surface area contributed by atoms with Gasteiger partial charge in [-0.2, -0.15) is 0 Å². The highest BCUT2D eigenvalue weighted by molar-refractivity contribution is 5.97. The Balaban J connectivity index is 0.000000143. The predicted octanol–water partition coefficient (Wildman–Crippen LogP) is 0.811. The Morgan fingerprint density at radius 2 is 0.884 bits per heavy atom. The van der Waals surface area contributed by atoms with Gasteiger partial charge in [-0.05, 0) is 40.5 Å². The SMILES string of the molecule is C=CC[N+]12CCC(CC1)[C@@H](OC(=O)C1c3ccccc3Oc3ccccc31)C2.COCCOCC[N+]12CCC(CC1)[C@@H](OC(=O)C1(O)c3ccccc3-c3ccccc31)C2.O=C(O[C@H]1C[N+]2(CCC3OCCO3)CCC1CC2)C1(O)c2ccccc2-c2ccccc21.[Br-].[Br-].[Br-]. The maximum absolute atomic E-state index is 13.6. The van der Waals surface area contributed by atoms with E-state index in [0.717, 1.165) is 169 Å². The van der Waals surface area contributed by atoms with E-state index in [2.05, 4.69) is 6.58 Å². The van der Waals surface area contributed by atoms with Gasteiger partial charge in [0.25, 0.3) is 0 Å². The lowest BCUT2D eigenvalue weighted by molar-refractivity contribution is -0.946. The second kappa shape index (κ2) is 29.8. The third-order valence-electron chi connectivity index (χ3n) is 22.5. The fraction of sp³-hybridized carbons (Fsp3) is 0.461. The van der Waals surface area contributed by atoms with Crippen LogP contribution in [-0.2, 0) is 58.7 Å². The molecule has 506 valence electrons. The highest BCUT2D eigenvalue weighted by Crippen LogP contribution is 2.52. The van der Waals surface area contributed by atoms with E-state index in [0.29, 0.717) is 73.0 Å². The number of fused-ring (bicyclic) bond motifs is 17. The van der Waals surface area contributed by atoms with Crippen LogP contribution < -0.4 is 55.7 Å². The van der Waals surface area contributed by atoms with Gasteiger partial charge in [0.2, 0.25) is 11.2 Å². The number of para-hydroxylation sites is 2. The van der Waals surface area contributed by atoms with E-state index in [1.165, 1.54) is 13.1 Å². The summed E-state index contributed by atoms with van der Waals surface area (Å²) in [5, 5.41) is 23.5. The number of aliphatic hydroxyl groups is 2. The molecular formula is C76H88Br3N3O13. The molecule has 6 aromatic rings. The third-order valence-corrected chi connectivity index (χ3v) is 22.5. The van der Waals surface area contributed by atoms with E-state index < -0.39 is 29.1 Å². The van der Waals surface area contributed by atoms with Crippen molar-refractivity contribution in [1.29, 1.82) is 0 Å². The van der Waals surface area contributed by atoms with E-state index in [9.17, 15) is 24.6 Å². The van der Waals surface area contributed by atoms with Crippen LogP contribution in [0, 0.1) is 17.8 Å². The normalized spacial score (nSPS) is 27.5. The molecule has 10 saturated heterocycles. The molecule has 0 saturated carbocycles. The summed E-state index contributed by atoms with van der Waals surface area (Å²) in [6.07, 6.45) is 8.89. The van der Waals surface area contributed by atoms with Crippen LogP contribution in [-0.4, -0.2) is 185 Å². The molecule has 0 amide bonds. The predicted molar refractivity (Wildman–Crippen MR) is 345 cm³/mol. The minimum Gasteiger partial charge on any atom is -1.00 e. The molecule has 2 aliphatic carbocycles. The molecule has 95 heavy (non-hydrogen) atoms. The first-order valence-electron chi connectivity index (χ1n) is 33.6. The zero-order valence-corrected chi connectivity index (χ0v) is 58.8. The number of piperidine rings is 9. The van der Waals surface area contributed by atoms with Gasteiger partial charge < -0.3 is 113 Å². The Hall–Kier alpha value is -5.65. The monoisotopic (exact) mass is 1490 g/mol. The zero-order chi connectivity index (χ0) is 63.1. The largest absolute Gasteiger partial charge is 1.00 e. The van der Waals surface area contributed by atoms with Crippen molar-refractivity contribution in [1.82, 2.24) is 0 Å². The summed E-state index contributed by atoms with van der Waals surface area (Å²) in [4.78, 5) is 40.6. The molecule has 19 rings (SSSR count). The number of esters is 3. The topological polar surface area (TPSA) is 166 Å². The summed E-state index contributed by atoms with van der Waals surface area (Å²) in [6, 6.07) is 45.9. The average Bonchev–Trinajstić information content (AvgIpc) is 1.64. The minimum atomic E-state index is -1.76. The molecular weight excluding hydrogens is 1400 g/mol. The van der Waals surface area contributed by atoms with Crippen molar-refractivity contribution in [2.24, 2.45) is 17.8 Å². The molecule has 10 fully saturated rings. The standard InChI is InChI=1S/C26H30NO5.C26H32NO5.C24H26NO3.3BrH/c28-25(26(29)21-7-3-1-5-19(21)20-6-2-4-8-22(20)26)32-23-17-27(12-9-18(23)10-13-27)14-11-24-30-15-16-31-24;1-30-16-17-31-15-14-27-12-10-19(11-13-27)24(18-27)32-25(28)26(29)22-8-4-2-6-20(22)21-7-3-5-9-23(21)26;1-2-13-25-14-11-17(12-15-25)22(16-25)28-24(26)23-18-7-3-5-9-20(18)27-21-10-6-4-8-19(21)23;;;/h1-8,18,23-24,29H,9-17H2;2-9,19,24,29H,10-18H2,1H3;2-10,17,22-23H,1,11-16H2;3*1H/q3*+1;;;/p-3/t18?,23-,27?;19?,24-,27?;17?,22-,25?;;;/m000.../s1. The number of hydrogen-bond acceptors (Lipinski definition) is 13. The number of nitrogens with zero attached hydrogens (tertiary/aromatic N) is 3. The fourth-order valence-corrected chi connectivity index (χ4v) is 17.4. The van der Waals surface area contributed by atoms with Crippen molar-refractivity contribution in [2.75, 3.05) is 119 Å². The van der Waals surface area contributed by atoms with Crippen molar-refractivity contribution >= 4 is 17.9 Å². The number of carbonyl (C=O) groups excluding carboxylic acids is 3. The molecule has 0 radical (unpaired) electrons. The maximum Gasteiger partial charge on any atom is 0.348 e. The molecule has 19 heteroatoms. The number of halogens is 3. The van der Waals surface area contributed by atoms with Crippen LogP contribution in [0.4, 0.5) is 0 Å². The molecule has 0 unspecified atom stereocenters. The Labute approximate surface area is 589 Å². The number of benzene rings is 6.